The molecule has 0 fully saturated rings. The van der Waals surface area contributed by atoms with Crippen LogP contribution in [0.3, 0.4) is 0 Å². The zero-order valence-electron chi connectivity index (χ0n) is 7.00. The van der Waals surface area contributed by atoms with E-state index in [1.54, 1.807) is 0 Å². The molecule has 0 aliphatic rings. The van der Waals surface area contributed by atoms with Crippen LogP contribution in [0.25, 0.3) is 0 Å². The molecule has 0 saturated carbocycles. The van der Waals surface area contributed by atoms with Gasteiger partial charge in [0.05, 0.1) is 11.3 Å². The normalized spacial score (nSPS) is 12.0. The fraction of sp³-hybridized carbons (Fsp3) is 0.167. The lowest BCUT2D eigenvalue weighted by molar-refractivity contribution is 0.151. The van der Waals surface area contributed by atoms with Crippen LogP contribution in [-0.4, -0.2) is 13.4 Å². The third-order valence-corrected chi connectivity index (χ3v) is 2.96. The summed E-state index contributed by atoms with van der Waals surface area (Å²) in [5.41, 5.74) is 2.36. The van der Waals surface area contributed by atoms with Gasteiger partial charge in [-0.15, -0.1) is 0 Å². The Morgan fingerprint density at radius 1 is 1.47 bits per heavy atom. The van der Waals surface area contributed by atoms with Crippen molar-refractivity contribution in [3.05, 3.63) is 22.1 Å². The van der Waals surface area contributed by atoms with Crippen molar-refractivity contribution < 1.29 is 17.2 Å². The minimum atomic E-state index is -4.45. The summed E-state index contributed by atoms with van der Waals surface area (Å²) in [6, 6.07) is 0. The highest BCUT2D eigenvalue weighted by Gasteiger charge is 2.24. The number of nitrogens with two attached hydrogens (primary N) is 1. The van der Waals surface area contributed by atoms with E-state index in [0.717, 1.165) is 0 Å². The average molecular weight is 259 g/mol. The highest BCUT2D eigenvalue weighted by atomic mass is 35.7. The molecule has 0 unspecified atom stereocenters. The van der Waals surface area contributed by atoms with Gasteiger partial charge in [-0.1, -0.05) is 0 Å². The number of aromatic nitrogens is 1. The number of hydrogen-bond acceptors (Lipinski definition) is 4. The van der Waals surface area contributed by atoms with Crippen molar-refractivity contribution in [2.24, 2.45) is 0 Å². The topological polar surface area (TPSA) is 93.0 Å². The van der Waals surface area contributed by atoms with E-state index >= 15 is 0 Å². The largest absolute Gasteiger partial charge is 0.397 e. The molecule has 84 valence electrons. The Balaban J connectivity index is 3.66. The van der Waals surface area contributed by atoms with Crippen molar-refractivity contribution >= 4 is 25.4 Å². The molecular formula is C6H5ClF2N2O3S. The SMILES string of the molecule is Nc1c(C(F)F)c[nH]c(=O)c1S(=O)(=O)Cl. The summed E-state index contributed by atoms with van der Waals surface area (Å²) >= 11 is 0. The predicted octanol–water partition coefficient (Wildman–Crippen LogP) is 0.822. The number of pyridine rings is 1. The van der Waals surface area contributed by atoms with Crippen LogP contribution in [0.5, 0.6) is 0 Å². The maximum absolute atomic E-state index is 12.3. The van der Waals surface area contributed by atoms with E-state index in [1.165, 1.54) is 0 Å². The summed E-state index contributed by atoms with van der Waals surface area (Å²) in [4.78, 5) is 11.8. The van der Waals surface area contributed by atoms with Gasteiger partial charge in [-0.3, -0.25) is 4.79 Å². The maximum Gasteiger partial charge on any atom is 0.270 e. The number of halogens is 3. The zero-order chi connectivity index (χ0) is 11.8. The molecule has 0 aromatic carbocycles. The minimum Gasteiger partial charge on any atom is -0.397 e. The Hall–Kier alpha value is -1.15. The number of anilines is 1. The van der Waals surface area contributed by atoms with Crippen LogP contribution in [0, 0.1) is 0 Å². The lowest BCUT2D eigenvalue weighted by atomic mass is 10.2. The molecule has 0 aliphatic carbocycles. The van der Waals surface area contributed by atoms with Crippen LogP contribution in [-0.2, 0) is 9.05 Å². The monoisotopic (exact) mass is 258 g/mol. The molecule has 0 radical (unpaired) electrons. The second-order valence-electron chi connectivity index (χ2n) is 2.55. The molecule has 0 bridgehead atoms. The van der Waals surface area contributed by atoms with E-state index in [0.29, 0.717) is 6.20 Å². The van der Waals surface area contributed by atoms with Crippen LogP contribution in [0.15, 0.2) is 15.9 Å². The van der Waals surface area contributed by atoms with E-state index in [-0.39, 0.29) is 0 Å². The summed E-state index contributed by atoms with van der Waals surface area (Å²) in [6.45, 7) is 0. The molecule has 1 aromatic rings. The van der Waals surface area contributed by atoms with Crippen molar-refractivity contribution in [2.45, 2.75) is 11.3 Å². The van der Waals surface area contributed by atoms with Gasteiger partial charge < -0.3 is 10.7 Å². The number of nitrogens with one attached hydrogen (secondary N) is 1. The number of rotatable bonds is 2. The maximum atomic E-state index is 12.3. The summed E-state index contributed by atoms with van der Waals surface area (Å²) in [5.74, 6) is 0. The molecule has 0 atom stereocenters. The lowest BCUT2D eigenvalue weighted by Crippen LogP contribution is -2.18. The molecular weight excluding hydrogens is 254 g/mol. The Labute approximate surface area is 87.3 Å². The summed E-state index contributed by atoms with van der Waals surface area (Å²) in [5, 5.41) is 0. The first-order valence-electron chi connectivity index (χ1n) is 3.49. The Morgan fingerprint density at radius 2 is 2.00 bits per heavy atom. The third-order valence-electron chi connectivity index (χ3n) is 1.60. The number of H-pyrrole nitrogens is 1. The van der Waals surface area contributed by atoms with Crippen molar-refractivity contribution in [3.8, 4) is 0 Å². The quantitative estimate of drug-likeness (QED) is 0.768. The van der Waals surface area contributed by atoms with E-state index in [4.69, 9.17) is 16.4 Å². The zero-order valence-corrected chi connectivity index (χ0v) is 8.57. The fourth-order valence-electron chi connectivity index (χ4n) is 0.963. The van der Waals surface area contributed by atoms with Crippen molar-refractivity contribution in [3.63, 3.8) is 0 Å². The summed E-state index contributed by atoms with van der Waals surface area (Å²) in [7, 11) is 0.423. The Kier molecular flexibility index (Phi) is 3.00. The second kappa shape index (κ2) is 3.78. The number of alkyl halides is 2. The third kappa shape index (κ3) is 2.26. The average Bonchev–Trinajstić information content (AvgIpc) is 2.00. The molecule has 1 heterocycles. The summed E-state index contributed by atoms with van der Waals surface area (Å²) < 4.78 is 46.3. The molecule has 1 rings (SSSR count). The van der Waals surface area contributed by atoms with Crippen LogP contribution in [0.4, 0.5) is 14.5 Å². The van der Waals surface area contributed by atoms with Crippen LogP contribution < -0.4 is 11.3 Å². The van der Waals surface area contributed by atoms with E-state index in [2.05, 4.69) is 0 Å². The molecule has 5 nitrogen and oxygen atoms in total. The fourth-order valence-corrected chi connectivity index (χ4v) is 2.08. The standard InChI is InChI=1S/C6H5ClF2N2O3S/c7-15(13,14)4-3(10)2(5(8)9)1-11-6(4)12/h1,5H,(H3,10,11,12). The van der Waals surface area contributed by atoms with Gasteiger partial charge in [0.15, 0.2) is 4.90 Å². The van der Waals surface area contributed by atoms with Gasteiger partial charge in [-0.25, -0.2) is 17.2 Å². The molecule has 0 spiro atoms. The summed E-state index contributed by atoms with van der Waals surface area (Å²) in [6.07, 6.45) is -2.35. The first-order chi connectivity index (χ1) is 6.75. The van der Waals surface area contributed by atoms with Crippen molar-refractivity contribution in [2.75, 3.05) is 5.73 Å². The van der Waals surface area contributed by atoms with Gasteiger partial charge in [-0.2, -0.15) is 0 Å². The van der Waals surface area contributed by atoms with Gasteiger partial charge in [-0.05, 0) is 0 Å². The highest BCUT2D eigenvalue weighted by Crippen LogP contribution is 2.28. The van der Waals surface area contributed by atoms with Gasteiger partial charge >= 0.3 is 0 Å². The first-order valence-corrected chi connectivity index (χ1v) is 5.80. The van der Waals surface area contributed by atoms with Crippen LogP contribution >= 0.6 is 10.7 Å². The van der Waals surface area contributed by atoms with Crippen molar-refractivity contribution in [1.82, 2.24) is 4.98 Å². The number of aromatic amines is 1. The second-order valence-corrected chi connectivity index (χ2v) is 5.06. The highest BCUT2D eigenvalue weighted by molar-refractivity contribution is 8.13. The van der Waals surface area contributed by atoms with E-state index < -0.39 is 37.2 Å². The number of nitrogen functional groups attached to an aromatic ring is 1. The van der Waals surface area contributed by atoms with Gasteiger partial charge in [0.1, 0.15) is 0 Å². The van der Waals surface area contributed by atoms with E-state index in [1.807, 2.05) is 4.98 Å². The van der Waals surface area contributed by atoms with Gasteiger partial charge in [0, 0.05) is 16.9 Å². The molecule has 0 saturated heterocycles. The van der Waals surface area contributed by atoms with Gasteiger partial charge in [0.25, 0.3) is 21.0 Å². The van der Waals surface area contributed by atoms with Crippen LogP contribution in [0.1, 0.15) is 12.0 Å². The van der Waals surface area contributed by atoms with Gasteiger partial charge in [0.2, 0.25) is 0 Å². The lowest BCUT2D eigenvalue weighted by Gasteiger charge is -2.06. The molecule has 0 aliphatic heterocycles. The Morgan fingerprint density at radius 3 is 2.40 bits per heavy atom. The first kappa shape index (κ1) is 11.9. The Bertz CT molecular complexity index is 540. The molecule has 0 amide bonds. The van der Waals surface area contributed by atoms with E-state index in [9.17, 15) is 22.0 Å². The molecule has 3 N–H and O–H groups in total. The molecule has 9 heteroatoms. The molecule has 15 heavy (non-hydrogen) atoms. The smallest absolute Gasteiger partial charge is 0.270 e. The predicted molar refractivity (Wildman–Crippen MR) is 49.5 cm³/mol. The van der Waals surface area contributed by atoms with Crippen molar-refractivity contribution in [1.29, 1.82) is 0 Å². The number of hydrogen-bond donors (Lipinski definition) is 2. The molecule has 1 aromatic heterocycles. The minimum absolute atomic E-state index is 0.647. The van der Waals surface area contributed by atoms with Crippen LogP contribution in [0.2, 0.25) is 0 Å².